The minimum absolute atomic E-state index is 0.270. The number of pyridine rings is 2. The molecule has 2 heterocycles. The number of aromatic nitrogens is 2. The molecule has 104 valence electrons. The van der Waals surface area contributed by atoms with Gasteiger partial charge in [-0.15, -0.1) is 0 Å². The van der Waals surface area contributed by atoms with Gasteiger partial charge in [0.2, 0.25) is 0 Å². The summed E-state index contributed by atoms with van der Waals surface area (Å²) in [6.45, 7) is 0. The van der Waals surface area contributed by atoms with Crippen molar-refractivity contribution >= 4 is 16.8 Å². The van der Waals surface area contributed by atoms with Crippen molar-refractivity contribution in [2.75, 3.05) is 0 Å². The molecule has 0 bridgehead atoms. The van der Waals surface area contributed by atoms with Gasteiger partial charge in [0.05, 0.1) is 11.1 Å². The zero-order chi connectivity index (χ0) is 14.7. The predicted octanol–water partition coefficient (Wildman–Crippen LogP) is 2.54. The van der Waals surface area contributed by atoms with E-state index in [4.69, 9.17) is 9.94 Å². The maximum absolute atomic E-state index is 11.4. The molecule has 3 aromatic rings. The average molecular weight is 281 g/mol. The molecule has 0 fully saturated rings. The first kappa shape index (κ1) is 13.0. The Morgan fingerprint density at radius 1 is 1.10 bits per heavy atom. The van der Waals surface area contributed by atoms with Crippen molar-refractivity contribution in [2.24, 2.45) is 0 Å². The maximum Gasteiger partial charge on any atom is 0.276 e. The number of benzene rings is 1. The SMILES string of the molecule is O=C(NO)c1cnc2ccc(Oc3ccncc3)cc2c1. The molecular weight excluding hydrogens is 270 g/mol. The molecule has 0 saturated heterocycles. The summed E-state index contributed by atoms with van der Waals surface area (Å²) in [5, 5.41) is 9.39. The van der Waals surface area contributed by atoms with E-state index < -0.39 is 5.91 Å². The van der Waals surface area contributed by atoms with Gasteiger partial charge in [-0.3, -0.25) is 20.0 Å². The molecule has 2 N–H and O–H groups in total. The van der Waals surface area contributed by atoms with E-state index in [0.29, 0.717) is 11.5 Å². The van der Waals surface area contributed by atoms with E-state index in [1.165, 1.54) is 6.20 Å². The van der Waals surface area contributed by atoms with E-state index >= 15 is 0 Å². The third-order valence-electron chi connectivity index (χ3n) is 2.90. The van der Waals surface area contributed by atoms with Gasteiger partial charge in [0, 0.05) is 24.0 Å². The summed E-state index contributed by atoms with van der Waals surface area (Å²) < 4.78 is 5.70. The van der Waals surface area contributed by atoms with Crippen molar-refractivity contribution in [3.63, 3.8) is 0 Å². The standard InChI is InChI=1S/C15H11N3O3/c19-15(18-20)11-7-10-8-13(1-2-14(10)17-9-11)21-12-3-5-16-6-4-12/h1-9,20H,(H,18,19). The Labute approximate surface area is 120 Å². The predicted molar refractivity (Wildman–Crippen MR) is 75.3 cm³/mol. The van der Waals surface area contributed by atoms with Crippen LogP contribution in [0.1, 0.15) is 10.4 Å². The lowest BCUT2D eigenvalue weighted by Gasteiger charge is -2.07. The van der Waals surface area contributed by atoms with E-state index in [1.807, 2.05) is 0 Å². The second-order valence-corrected chi connectivity index (χ2v) is 4.30. The maximum atomic E-state index is 11.4. The first-order valence-electron chi connectivity index (χ1n) is 6.18. The molecule has 0 aliphatic rings. The second-order valence-electron chi connectivity index (χ2n) is 4.30. The largest absolute Gasteiger partial charge is 0.457 e. The smallest absolute Gasteiger partial charge is 0.276 e. The van der Waals surface area contributed by atoms with Crippen LogP contribution in [-0.2, 0) is 0 Å². The van der Waals surface area contributed by atoms with Crippen LogP contribution >= 0.6 is 0 Å². The summed E-state index contributed by atoms with van der Waals surface area (Å²) in [5.41, 5.74) is 2.58. The quantitative estimate of drug-likeness (QED) is 0.569. The number of ether oxygens (including phenoxy) is 1. The summed E-state index contributed by atoms with van der Waals surface area (Å²) in [6, 6.07) is 10.5. The van der Waals surface area contributed by atoms with E-state index in [0.717, 1.165) is 10.9 Å². The van der Waals surface area contributed by atoms with E-state index in [9.17, 15) is 4.79 Å². The Morgan fingerprint density at radius 2 is 1.90 bits per heavy atom. The fraction of sp³-hybridized carbons (Fsp3) is 0. The van der Waals surface area contributed by atoms with E-state index in [2.05, 4.69) is 9.97 Å². The van der Waals surface area contributed by atoms with Crippen LogP contribution in [-0.4, -0.2) is 21.1 Å². The lowest BCUT2D eigenvalue weighted by atomic mass is 10.1. The summed E-state index contributed by atoms with van der Waals surface area (Å²) in [5.74, 6) is 0.684. The van der Waals surface area contributed by atoms with E-state index in [-0.39, 0.29) is 5.56 Å². The Morgan fingerprint density at radius 3 is 2.67 bits per heavy atom. The number of amides is 1. The van der Waals surface area contributed by atoms with Gasteiger partial charge < -0.3 is 4.74 Å². The van der Waals surface area contributed by atoms with Crippen molar-refractivity contribution in [3.8, 4) is 11.5 Å². The van der Waals surface area contributed by atoms with Crippen LogP contribution in [0, 0.1) is 0 Å². The fourth-order valence-electron chi connectivity index (χ4n) is 1.90. The Kier molecular flexibility index (Phi) is 3.44. The van der Waals surface area contributed by atoms with Gasteiger partial charge in [0.15, 0.2) is 0 Å². The van der Waals surface area contributed by atoms with Crippen molar-refractivity contribution in [1.29, 1.82) is 0 Å². The first-order valence-corrected chi connectivity index (χ1v) is 6.18. The van der Waals surface area contributed by atoms with Gasteiger partial charge in [-0.25, -0.2) is 5.48 Å². The normalized spacial score (nSPS) is 10.3. The van der Waals surface area contributed by atoms with Crippen LogP contribution < -0.4 is 10.2 Å². The minimum Gasteiger partial charge on any atom is -0.457 e. The highest BCUT2D eigenvalue weighted by Gasteiger charge is 2.07. The number of rotatable bonds is 3. The van der Waals surface area contributed by atoms with Crippen LogP contribution in [0.5, 0.6) is 11.5 Å². The Bertz CT molecular complexity index is 791. The molecule has 0 unspecified atom stereocenters. The first-order chi connectivity index (χ1) is 10.3. The number of hydroxylamine groups is 1. The third kappa shape index (κ3) is 2.80. The molecule has 0 radical (unpaired) electrons. The summed E-state index contributed by atoms with van der Waals surface area (Å²) in [6.07, 6.45) is 4.68. The van der Waals surface area contributed by atoms with Gasteiger partial charge in [-0.2, -0.15) is 0 Å². The molecule has 6 nitrogen and oxygen atoms in total. The number of carbonyl (C=O) groups excluding carboxylic acids is 1. The van der Waals surface area contributed by atoms with Crippen molar-refractivity contribution < 1.29 is 14.7 Å². The summed E-state index contributed by atoms with van der Waals surface area (Å²) in [7, 11) is 0. The Hall–Kier alpha value is -2.99. The zero-order valence-electron chi connectivity index (χ0n) is 10.9. The Balaban J connectivity index is 1.96. The number of hydrogen-bond donors (Lipinski definition) is 2. The molecule has 1 aromatic carbocycles. The molecule has 0 aliphatic carbocycles. The molecule has 1 amide bonds. The lowest BCUT2D eigenvalue weighted by Crippen LogP contribution is -2.18. The van der Waals surface area contributed by atoms with E-state index in [1.54, 1.807) is 54.3 Å². The number of carbonyl (C=O) groups is 1. The van der Waals surface area contributed by atoms with Crippen LogP contribution in [0.2, 0.25) is 0 Å². The second kappa shape index (κ2) is 5.56. The molecule has 6 heteroatoms. The molecule has 0 spiro atoms. The van der Waals surface area contributed by atoms with Crippen LogP contribution in [0.15, 0.2) is 55.0 Å². The molecule has 2 aromatic heterocycles. The van der Waals surface area contributed by atoms with Crippen molar-refractivity contribution in [3.05, 3.63) is 60.6 Å². The van der Waals surface area contributed by atoms with Gasteiger partial charge in [-0.05, 0) is 36.4 Å². The van der Waals surface area contributed by atoms with Crippen LogP contribution in [0.4, 0.5) is 0 Å². The number of fused-ring (bicyclic) bond motifs is 1. The number of hydrogen-bond acceptors (Lipinski definition) is 5. The van der Waals surface area contributed by atoms with Gasteiger partial charge in [-0.1, -0.05) is 0 Å². The van der Waals surface area contributed by atoms with Gasteiger partial charge in [0.25, 0.3) is 5.91 Å². The highest BCUT2D eigenvalue weighted by atomic mass is 16.5. The number of nitrogens with zero attached hydrogens (tertiary/aromatic N) is 2. The van der Waals surface area contributed by atoms with Crippen molar-refractivity contribution in [2.45, 2.75) is 0 Å². The molecular formula is C15H11N3O3. The molecule has 0 saturated carbocycles. The summed E-state index contributed by atoms with van der Waals surface area (Å²) >= 11 is 0. The van der Waals surface area contributed by atoms with Crippen molar-refractivity contribution in [1.82, 2.24) is 15.4 Å². The van der Waals surface area contributed by atoms with Crippen LogP contribution in [0.3, 0.4) is 0 Å². The fourth-order valence-corrected chi connectivity index (χ4v) is 1.90. The monoisotopic (exact) mass is 281 g/mol. The minimum atomic E-state index is -0.607. The number of nitrogens with one attached hydrogen (secondary N) is 1. The summed E-state index contributed by atoms with van der Waals surface area (Å²) in [4.78, 5) is 19.5. The highest BCUT2D eigenvalue weighted by Crippen LogP contribution is 2.24. The lowest BCUT2D eigenvalue weighted by molar-refractivity contribution is 0.0706. The third-order valence-corrected chi connectivity index (χ3v) is 2.90. The highest BCUT2D eigenvalue weighted by molar-refractivity contribution is 5.96. The average Bonchev–Trinajstić information content (AvgIpc) is 2.54. The van der Waals surface area contributed by atoms with Gasteiger partial charge >= 0.3 is 0 Å². The molecule has 0 atom stereocenters. The van der Waals surface area contributed by atoms with Crippen LogP contribution in [0.25, 0.3) is 10.9 Å². The van der Waals surface area contributed by atoms with Gasteiger partial charge in [0.1, 0.15) is 11.5 Å². The topological polar surface area (TPSA) is 84.3 Å². The molecule has 0 aliphatic heterocycles. The zero-order valence-corrected chi connectivity index (χ0v) is 10.9. The molecule has 3 rings (SSSR count). The molecule has 21 heavy (non-hydrogen) atoms.